The van der Waals surface area contributed by atoms with E-state index in [-0.39, 0.29) is 37.9 Å². The van der Waals surface area contributed by atoms with Gasteiger partial charge in [0.15, 0.2) is 0 Å². The van der Waals surface area contributed by atoms with Crippen LogP contribution in [0.15, 0.2) is 48.7 Å². The highest BCUT2D eigenvalue weighted by Gasteiger charge is 2.33. The fraction of sp³-hybridized carbons (Fsp3) is 0.0500. The van der Waals surface area contributed by atoms with Crippen molar-refractivity contribution in [2.75, 3.05) is 5.32 Å². The first kappa shape index (κ1) is 24.9. The van der Waals surface area contributed by atoms with Crippen molar-refractivity contribution < 1.29 is 27.5 Å². The minimum atomic E-state index is -4.68. The van der Waals surface area contributed by atoms with E-state index >= 15 is 0 Å². The Labute approximate surface area is 204 Å². The highest BCUT2D eigenvalue weighted by molar-refractivity contribution is 6.40. The predicted molar refractivity (Wildman–Crippen MR) is 119 cm³/mol. The minimum Gasteiger partial charge on any atom is -0.438 e. The second-order valence-electron chi connectivity index (χ2n) is 6.26. The number of nitrogens with zero attached hydrogens (tertiary/aromatic N) is 1. The molecule has 1 aromatic heterocycles. The van der Waals surface area contributed by atoms with E-state index in [1.165, 1.54) is 30.3 Å². The van der Waals surface area contributed by atoms with Gasteiger partial charge in [0.1, 0.15) is 10.8 Å². The summed E-state index contributed by atoms with van der Waals surface area (Å²) < 4.78 is 44.3. The summed E-state index contributed by atoms with van der Waals surface area (Å²) in [6.45, 7) is 0. The zero-order valence-electron chi connectivity index (χ0n) is 15.9. The molecular formula is C20H10Cl4F3N3O3. The molecule has 2 N–H and O–H groups in total. The molecule has 0 atom stereocenters. The second kappa shape index (κ2) is 10.0. The van der Waals surface area contributed by atoms with E-state index in [2.05, 4.69) is 10.3 Å². The van der Waals surface area contributed by atoms with Crippen LogP contribution in [0.3, 0.4) is 0 Å². The van der Waals surface area contributed by atoms with Crippen molar-refractivity contribution in [3.05, 3.63) is 79.9 Å². The first-order valence-corrected chi connectivity index (χ1v) is 10.2. The number of ether oxygens (including phenoxy) is 1. The molecule has 0 aliphatic heterocycles. The Balaban J connectivity index is 1.70. The molecule has 0 fully saturated rings. The molecule has 0 bridgehead atoms. The molecule has 172 valence electrons. The average molecular weight is 539 g/mol. The molecule has 6 nitrogen and oxygen atoms in total. The smallest absolute Gasteiger partial charge is 0.417 e. The number of pyridine rings is 1. The van der Waals surface area contributed by atoms with Crippen molar-refractivity contribution in [2.24, 2.45) is 0 Å². The molecule has 3 amide bonds. The maximum Gasteiger partial charge on any atom is 0.417 e. The van der Waals surface area contributed by atoms with Gasteiger partial charge in [0.2, 0.25) is 5.88 Å². The summed E-state index contributed by atoms with van der Waals surface area (Å²) in [4.78, 5) is 28.2. The van der Waals surface area contributed by atoms with Gasteiger partial charge in [0, 0.05) is 0 Å². The van der Waals surface area contributed by atoms with Gasteiger partial charge in [-0.25, -0.2) is 9.78 Å². The summed E-state index contributed by atoms with van der Waals surface area (Å²) in [6, 6.07) is 7.61. The monoisotopic (exact) mass is 537 g/mol. The summed E-state index contributed by atoms with van der Waals surface area (Å²) >= 11 is 23.5. The molecule has 0 aliphatic carbocycles. The Morgan fingerprint density at radius 1 is 0.909 bits per heavy atom. The van der Waals surface area contributed by atoms with Gasteiger partial charge in [-0.3, -0.25) is 10.1 Å². The summed E-state index contributed by atoms with van der Waals surface area (Å²) in [7, 11) is 0. The maximum atomic E-state index is 13.0. The standard InChI is InChI=1S/C20H10Cl4F3N3O3/c21-12-5-4-10(7-11(12)20(25,26)27)33-18-15(24)6-9(8-28-18)29-19(32)30-17(31)16-13(22)2-1-3-14(16)23/h1-8H,(H2,29,30,31,32). The lowest BCUT2D eigenvalue weighted by Crippen LogP contribution is -2.34. The lowest BCUT2D eigenvalue weighted by Gasteiger charge is -2.13. The number of nitrogens with one attached hydrogen (secondary N) is 2. The number of amides is 3. The lowest BCUT2D eigenvalue weighted by molar-refractivity contribution is -0.137. The molecule has 0 aliphatic rings. The van der Waals surface area contributed by atoms with Crippen LogP contribution in [0, 0.1) is 0 Å². The number of hydrogen-bond acceptors (Lipinski definition) is 4. The van der Waals surface area contributed by atoms with Crippen LogP contribution >= 0.6 is 46.4 Å². The fourth-order valence-electron chi connectivity index (χ4n) is 2.51. The van der Waals surface area contributed by atoms with Crippen molar-refractivity contribution >= 4 is 64.0 Å². The average Bonchev–Trinajstić information content (AvgIpc) is 2.70. The van der Waals surface area contributed by atoms with Gasteiger partial charge < -0.3 is 10.1 Å². The molecular weight excluding hydrogens is 529 g/mol. The number of imide groups is 1. The number of rotatable bonds is 4. The predicted octanol–water partition coefficient (Wildman–Crippen LogP) is 7.47. The Morgan fingerprint density at radius 3 is 2.18 bits per heavy atom. The zero-order valence-corrected chi connectivity index (χ0v) is 19.0. The van der Waals surface area contributed by atoms with E-state index in [4.69, 9.17) is 51.1 Å². The molecule has 0 saturated carbocycles. The first-order chi connectivity index (χ1) is 15.5. The summed E-state index contributed by atoms with van der Waals surface area (Å²) in [5.74, 6) is -1.27. The number of urea groups is 1. The Kier molecular flexibility index (Phi) is 7.58. The Morgan fingerprint density at radius 2 is 1.58 bits per heavy atom. The van der Waals surface area contributed by atoms with Gasteiger partial charge in [-0.05, 0) is 36.4 Å². The van der Waals surface area contributed by atoms with Gasteiger partial charge in [-0.2, -0.15) is 13.2 Å². The third kappa shape index (κ3) is 6.20. The molecule has 2 aromatic carbocycles. The SMILES string of the molecule is O=C(NC(=O)c1c(Cl)cccc1Cl)Nc1cnc(Oc2ccc(Cl)c(C(F)(F)F)c2)c(Cl)c1. The van der Waals surface area contributed by atoms with Crippen molar-refractivity contribution in [2.45, 2.75) is 6.18 Å². The molecule has 3 rings (SSSR count). The molecule has 33 heavy (non-hydrogen) atoms. The van der Waals surface area contributed by atoms with Crippen LogP contribution in [-0.4, -0.2) is 16.9 Å². The molecule has 13 heteroatoms. The number of benzene rings is 2. The Bertz CT molecular complexity index is 1220. The normalized spacial score (nSPS) is 11.1. The number of halogens is 7. The number of aromatic nitrogens is 1. The lowest BCUT2D eigenvalue weighted by atomic mass is 10.2. The van der Waals surface area contributed by atoms with Gasteiger partial charge in [0.25, 0.3) is 5.91 Å². The molecule has 0 saturated heterocycles. The third-order valence-corrected chi connectivity index (χ3v) is 5.17. The third-order valence-electron chi connectivity index (χ3n) is 3.94. The highest BCUT2D eigenvalue weighted by atomic mass is 35.5. The maximum absolute atomic E-state index is 13.0. The van der Waals surface area contributed by atoms with Gasteiger partial charge in [-0.15, -0.1) is 0 Å². The number of carbonyl (C=O) groups is 2. The van der Waals surface area contributed by atoms with Crippen LogP contribution in [-0.2, 0) is 6.18 Å². The van der Waals surface area contributed by atoms with E-state index in [0.29, 0.717) is 6.07 Å². The first-order valence-electron chi connectivity index (χ1n) is 8.72. The summed E-state index contributed by atoms with van der Waals surface area (Å²) in [6.07, 6.45) is -3.56. The van der Waals surface area contributed by atoms with Crippen LogP contribution < -0.4 is 15.4 Å². The zero-order chi connectivity index (χ0) is 24.3. The number of alkyl halides is 3. The van der Waals surface area contributed by atoms with Crippen molar-refractivity contribution in [1.29, 1.82) is 0 Å². The molecule has 0 spiro atoms. The largest absolute Gasteiger partial charge is 0.438 e. The minimum absolute atomic E-state index is 0.0508. The molecule has 0 radical (unpaired) electrons. The van der Waals surface area contributed by atoms with Crippen molar-refractivity contribution in [3.63, 3.8) is 0 Å². The second-order valence-corrected chi connectivity index (χ2v) is 7.89. The molecule has 3 aromatic rings. The van der Waals surface area contributed by atoms with E-state index in [9.17, 15) is 22.8 Å². The van der Waals surface area contributed by atoms with Crippen molar-refractivity contribution in [3.8, 4) is 11.6 Å². The number of carbonyl (C=O) groups excluding carboxylic acids is 2. The topological polar surface area (TPSA) is 80.3 Å². The quantitative estimate of drug-likeness (QED) is 0.361. The van der Waals surface area contributed by atoms with E-state index in [1.54, 1.807) is 0 Å². The van der Waals surface area contributed by atoms with Crippen LogP contribution in [0.1, 0.15) is 15.9 Å². The van der Waals surface area contributed by atoms with E-state index < -0.39 is 28.7 Å². The highest BCUT2D eigenvalue weighted by Crippen LogP contribution is 2.38. The Hall–Kier alpha value is -2.72. The van der Waals surface area contributed by atoms with Gasteiger partial charge >= 0.3 is 12.2 Å². The number of anilines is 1. The molecule has 1 heterocycles. The van der Waals surface area contributed by atoms with Crippen LogP contribution in [0.2, 0.25) is 20.1 Å². The number of hydrogen-bond donors (Lipinski definition) is 2. The summed E-state index contributed by atoms with van der Waals surface area (Å²) in [5, 5.41) is 3.85. The van der Waals surface area contributed by atoms with Crippen LogP contribution in [0.25, 0.3) is 0 Å². The van der Waals surface area contributed by atoms with Crippen LogP contribution in [0.5, 0.6) is 11.6 Å². The van der Waals surface area contributed by atoms with Gasteiger partial charge in [0.05, 0.1) is 38.1 Å². The molecule has 0 unspecified atom stereocenters. The van der Waals surface area contributed by atoms with E-state index in [1.807, 2.05) is 5.32 Å². The fourth-order valence-corrected chi connectivity index (χ4v) is 3.51. The van der Waals surface area contributed by atoms with Gasteiger partial charge in [-0.1, -0.05) is 52.5 Å². The summed E-state index contributed by atoms with van der Waals surface area (Å²) in [5.41, 5.74) is -1.11. The van der Waals surface area contributed by atoms with Crippen LogP contribution in [0.4, 0.5) is 23.7 Å². The van der Waals surface area contributed by atoms with E-state index in [0.717, 1.165) is 12.3 Å². The van der Waals surface area contributed by atoms with Crippen molar-refractivity contribution in [1.82, 2.24) is 10.3 Å².